The maximum Gasteiger partial charge on any atom is 0.165 e. The number of Topliss-reactive ketones (excluding diaryl/α,β-unsaturated/α-hetero) is 1. The molecule has 0 amide bonds. The third kappa shape index (κ3) is 5.06. The summed E-state index contributed by atoms with van der Waals surface area (Å²) in [5.41, 5.74) is 0.115. The Hall–Kier alpha value is -0.710. The molecule has 3 N–H and O–H groups in total. The van der Waals surface area contributed by atoms with E-state index in [2.05, 4.69) is 6.58 Å². The average Bonchev–Trinajstić information content (AvgIpc) is 2.22. The quantitative estimate of drug-likeness (QED) is 0.533. The number of ketones is 1. The summed E-state index contributed by atoms with van der Waals surface area (Å²) in [6, 6.07) is 0. The van der Waals surface area contributed by atoms with Gasteiger partial charge in [0, 0.05) is 6.42 Å². The van der Waals surface area contributed by atoms with Crippen molar-refractivity contribution in [3.8, 4) is 0 Å². The third-order valence-corrected chi connectivity index (χ3v) is 2.56. The summed E-state index contributed by atoms with van der Waals surface area (Å²) in [6.45, 7) is 6.50. The Bertz CT molecular complexity index is 223. The first-order chi connectivity index (χ1) is 6.90. The number of aliphatic hydroxyl groups is 3. The van der Waals surface area contributed by atoms with Crippen molar-refractivity contribution in [3.63, 3.8) is 0 Å². The summed E-state index contributed by atoms with van der Waals surface area (Å²) in [7, 11) is 0. The molecule has 0 radical (unpaired) electrons. The summed E-state index contributed by atoms with van der Waals surface area (Å²) in [6.07, 6.45) is -1.04. The van der Waals surface area contributed by atoms with Crippen LogP contribution in [-0.2, 0) is 4.79 Å². The molecule has 0 aliphatic carbocycles. The molecule has 0 spiro atoms. The van der Waals surface area contributed by atoms with E-state index in [9.17, 15) is 15.0 Å². The first-order valence-electron chi connectivity index (χ1n) is 5.07. The largest absolute Gasteiger partial charge is 0.393 e. The highest BCUT2D eigenvalue weighted by Gasteiger charge is 2.19. The fourth-order valence-electron chi connectivity index (χ4n) is 1.06. The second kappa shape index (κ2) is 6.71. The number of rotatable bonds is 7. The first-order valence-corrected chi connectivity index (χ1v) is 5.07. The second-order valence-corrected chi connectivity index (χ2v) is 3.94. The van der Waals surface area contributed by atoms with Crippen molar-refractivity contribution >= 4 is 5.78 Å². The van der Waals surface area contributed by atoms with Gasteiger partial charge in [-0.15, -0.1) is 0 Å². The molecule has 0 bridgehead atoms. The lowest BCUT2D eigenvalue weighted by atomic mass is 9.96. The van der Waals surface area contributed by atoms with Crippen molar-refractivity contribution in [2.75, 3.05) is 6.61 Å². The zero-order chi connectivity index (χ0) is 12.0. The molecule has 15 heavy (non-hydrogen) atoms. The average molecular weight is 216 g/mol. The van der Waals surface area contributed by atoms with E-state index in [1.807, 2.05) is 6.92 Å². The van der Waals surface area contributed by atoms with Crippen LogP contribution in [0.15, 0.2) is 12.2 Å². The zero-order valence-corrected chi connectivity index (χ0v) is 9.31. The van der Waals surface area contributed by atoms with Gasteiger partial charge in [-0.25, -0.2) is 0 Å². The summed E-state index contributed by atoms with van der Waals surface area (Å²) in [5, 5.41) is 27.2. The molecule has 0 heterocycles. The molecule has 0 fully saturated rings. The van der Waals surface area contributed by atoms with Crippen LogP contribution in [0.1, 0.15) is 26.7 Å². The number of hydrogen-bond donors (Lipinski definition) is 3. The van der Waals surface area contributed by atoms with Crippen molar-refractivity contribution in [3.05, 3.63) is 12.2 Å². The van der Waals surface area contributed by atoms with Crippen molar-refractivity contribution < 1.29 is 20.1 Å². The van der Waals surface area contributed by atoms with Gasteiger partial charge in [-0.3, -0.25) is 4.79 Å². The van der Waals surface area contributed by atoms with Crippen LogP contribution in [0.2, 0.25) is 0 Å². The van der Waals surface area contributed by atoms with Crippen LogP contribution in [0.4, 0.5) is 0 Å². The molecular weight excluding hydrogens is 196 g/mol. The zero-order valence-electron chi connectivity index (χ0n) is 9.31. The topological polar surface area (TPSA) is 77.8 Å². The van der Waals surface area contributed by atoms with Gasteiger partial charge in [0.2, 0.25) is 0 Å². The highest BCUT2D eigenvalue weighted by molar-refractivity contribution is 5.85. The normalized spacial score (nSPS) is 16.9. The van der Waals surface area contributed by atoms with Gasteiger partial charge in [0.1, 0.15) is 6.10 Å². The molecule has 0 aromatic heterocycles. The third-order valence-electron chi connectivity index (χ3n) is 2.56. The SMILES string of the molecule is C=C(CO)C(O)C(=O)CCC(C)C(C)O. The highest BCUT2D eigenvalue weighted by atomic mass is 16.3. The van der Waals surface area contributed by atoms with Gasteiger partial charge in [0.05, 0.1) is 12.7 Å². The fraction of sp³-hybridized carbons (Fsp3) is 0.727. The van der Waals surface area contributed by atoms with Crippen LogP contribution >= 0.6 is 0 Å². The predicted molar refractivity (Wildman–Crippen MR) is 57.3 cm³/mol. The van der Waals surface area contributed by atoms with Crippen LogP contribution in [0.25, 0.3) is 0 Å². The van der Waals surface area contributed by atoms with Crippen LogP contribution in [0.3, 0.4) is 0 Å². The van der Waals surface area contributed by atoms with Gasteiger partial charge < -0.3 is 15.3 Å². The molecular formula is C11H20O4. The summed E-state index contributed by atoms with van der Waals surface area (Å²) >= 11 is 0. The lowest BCUT2D eigenvalue weighted by Gasteiger charge is -2.15. The standard InChI is InChI=1S/C11H20O4/c1-7(9(3)13)4-5-10(14)11(15)8(2)6-12/h7,9,11-13,15H,2,4-6H2,1,3H3. The molecule has 0 aromatic rings. The Kier molecular flexibility index (Phi) is 6.40. The minimum absolute atomic E-state index is 0.0172. The Morgan fingerprint density at radius 2 is 1.87 bits per heavy atom. The van der Waals surface area contributed by atoms with Crippen LogP contribution in [-0.4, -0.2) is 39.9 Å². The van der Waals surface area contributed by atoms with Crippen molar-refractivity contribution in [1.29, 1.82) is 0 Å². The maximum atomic E-state index is 11.4. The van der Waals surface area contributed by atoms with E-state index in [-0.39, 0.29) is 23.7 Å². The van der Waals surface area contributed by atoms with Gasteiger partial charge in [0.25, 0.3) is 0 Å². The van der Waals surface area contributed by atoms with E-state index in [0.717, 1.165) is 0 Å². The Morgan fingerprint density at radius 1 is 1.33 bits per heavy atom. The molecule has 0 saturated carbocycles. The van der Waals surface area contributed by atoms with Crippen molar-refractivity contribution in [2.24, 2.45) is 5.92 Å². The first kappa shape index (κ1) is 14.3. The van der Waals surface area contributed by atoms with Crippen molar-refractivity contribution in [1.82, 2.24) is 0 Å². The van der Waals surface area contributed by atoms with Crippen LogP contribution < -0.4 is 0 Å². The summed E-state index contributed by atoms with van der Waals surface area (Å²) in [4.78, 5) is 11.4. The molecule has 4 nitrogen and oxygen atoms in total. The molecule has 0 rings (SSSR count). The highest BCUT2D eigenvalue weighted by Crippen LogP contribution is 2.13. The molecule has 0 saturated heterocycles. The van der Waals surface area contributed by atoms with Gasteiger partial charge in [-0.05, 0) is 24.8 Å². The molecule has 0 aliphatic rings. The summed E-state index contributed by atoms with van der Waals surface area (Å²) in [5.74, 6) is -0.343. The van der Waals surface area contributed by atoms with E-state index in [4.69, 9.17) is 5.11 Å². The molecule has 88 valence electrons. The Morgan fingerprint density at radius 3 is 2.27 bits per heavy atom. The van der Waals surface area contributed by atoms with E-state index >= 15 is 0 Å². The molecule has 0 aromatic carbocycles. The lowest BCUT2D eigenvalue weighted by molar-refractivity contribution is -0.126. The minimum atomic E-state index is -1.28. The molecule has 0 aliphatic heterocycles. The van der Waals surface area contributed by atoms with E-state index in [0.29, 0.717) is 6.42 Å². The number of carbonyl (C=O) groups is 1. The lowest BCUT2D eigenvalue weighted by Crippen LogP contribution is -2.25. The number of carbonyl (C=O) groups excluding carboxylic acids is 1. The molecule has 3 unspecified atom stereocenters. The smallest absolute Gasteiger partial charge is 0.165 e. The van der Waals surface area contributed by atoms with E-state index in [1.54, 1.807) is 6.92 Å². The van der Waals surface area contributed by atoms with E-state index < -0.39 is 18.8 Å². The Balaban J connectivity index is 3.99. The minimum Gasteiger partial charge on any atom is -0.393 e. The predicted octanol–water partition coefficient (Wildman–Crippen LogP) is 0.262. The number of hydrogen-bond acceptors (Lipinski definition) is 4. The van der Waals surface area contributed by atoms with Crippen LogP contribution in [0.5, 0.6) is 0 Å². The van der Waals surface area contributed by atoms with Gasteiger partial charge in [-0.2, -0.15) is 0 Å². The van der Waals surface area contributed by atoms with Gasteiger partial charge in [0.15, 0.2) is 5.78 Å². The summed E-state index contributed by atoms with van der Waals surface area (Å²) < 4.78 is 0. The van der Waals surface area contributed by atoms with Crippen molar-refractivity contribution in [2.45, 2.75) is 38.9 Å². The Labute approximate surface area is 90.2 Å². The fourth-order valence-corrected chi connectivity index (χ4v) is 1.06. The monoisotopic (exact) mass is 216 g/mol. The van der Waals surface area contributed by atoms with Gasteiger partial charge in [-0.1, -0.05) is 13.5 Å². The maximum absolute atomic E-state index is 11.4. The molecule has 4 heteroatoms. The second-order valence-electron chi connectivity index (χ2n) is 3.94. The molecule has 3 atom stereocenters. The van der Waals surface area contributed by atoms with Crippen LogP contribution in [0, 0.1) is 5.92 Å². The van der Waals surface area contributed by atoms with Gasteiger partial charge >= 0.3 is 0 Å². The van der Waals surface area contributed by atoms with E-state index in [1.165, 1.54) is 0 Å². The number of aliphatic hydroxyl groups excluding tert-OH is 3.